The average Bonchev–Trinajstić information content (AvgIpc) is 2.81. The molecule has 0 radical (unpaired) electrons. The first kappa shape index (κ1) is 15.2. The zero-order chi connectivity index (χ0) is 13.9. The SMILES string of the molecule is O=S1(=O)CCC(S(=O)(=O)NCCC2CCNC2)CC1. The van der Waals surface area contributed by atoms with Gasteiger partial charge in [-0.1, -0.05) is 0 Å². The molecule has 0 aromatic rings. The van der Waals surface area contributed by atoms with Gasteiger partial charge in [0.15, 0.2) is 0 Å². The Labute approximate surface area is 115 Å². The molecule has 1 unspecified atom stereocenters. The molecule has 1 atom stereocenters. The smallest absolute Gasteiger partial charge is 0.214 e. The van der Waals surface area contributed by atoms with Crippen molar-refractivity contribution in [3.63, 3.8) is 0 Å². The summed E-state index contributed by atoms with van der Waals surface area (Å²) in [6.45, 7) is 2.43. The maximum atomic E-state index is 12.0. The van der Waals surface area contributed by atoms with Gasteiger partial charge >= 0.3 is 0 Å². The zero-order valence-corrected chi connectivity index (χ0v) is 12.6. The Hall–Kier alpha value is -0.180. The van der Waals surface area contributed by atoms with Crippen LogP contribution in [0.1, 0.15) is 25.7 Å². The van der Waals surface area contributed by atoms with Crippen LogP contribution in [0, 0.1) is 5.92 Å². The number of rotatable bonds is 5. The van der Waals surface area contributed by atoms with E-state index in [9.17, 15) is 16.8 Å². The molecule has 0 aromatic heterocycles. The van der Waals surface area contributed by atoms with Crippen molar-refractivity contribution in [3.8, 4) is 0 Å². The molecule has 112 valence electrons. The molecule has 8 heteroatoms. The van der Waals surface area contributed by atoms with E-state index in [0.717, 1.165) is 25.9 Å². The van der Waals surface area contributed by atoms with Crippen molar-refractivity contribution in [2.24, 2.45) is 5.92 Å². The van der Waals surface area contributed by atoms with Crippen LogP contribution in [-0.2, 0) is 19.9 Å². The van der Waals surface area contributed by atoms with Crippen LogP contribution < -0.4 is 10.0 Å². The average molecular weight is 310 g/mol. The third-order valence-electron chi connectivity index (χ3n) is 3.96. The minimum absolute atomic E-state index is 0.00881. The first-order valence-electron chi connectivity index (χ1n) is 6.79. The highest BCUT2D eigenvalue weighted by atomic mass is 32.2. The lowest BCUT2D eigenvalue weighted by atomic mass is 10.1. The Bertz CT molecular complexity index is 481. The lowest BCUT2D eigenvalue weighted by Crippen LogP contribution is -2.40. The monoisotopic (exact) mass is 310 g/mol. The third kappa shape index (κ3) is 4.40. The summed E-state index contributed by atoms with van der Waals surface area (Å²) in [4.78, 5) is 0. The quantitative estimate of drug-likeness (QED) is 0.713. The van der Waals surface area contributed by atoms with Gasteiger partial charge in [0.05, 0.1) is 16.8 Å². The largest absolute Gasteiger partial charge is 0.316 e. The van der Waals surface area contributed by atoms with E-state index < -0.39 is 25.1 Å². The number of hydrogen-bond acceptors (Lipinski definition) is 5. The van der Waals surface area contributed by atoms with Crippen LogP contribution in [0.15, 0.2) is 0 Å². The van der Waals surface area contributed by atoms with Crippen LogP contribution in [0.2, 0.25) is 0 Å². The normalized spacial score (nSPS) is 28.5. The van der Waals surface area contributed by atoms with Crippen molar-refractivity contribution in [2.75, 3.05) is 31.1 Å². The van der Waals surface area contributed by atoms with Gasteiger partial charge in [0, 0.05) is 6.54 Å². The second kappa shape index (κ2) is 6.07. The fraction of sp³-hybridized carbons (Fsp3) is 1.00. The molecule has 0 spiro atoms. The standard InChI is InChI=1S/C11H22N2O4S2/c14-18(15)7-3-11(4-8-18)19(16,17)13-6-2-10-1-5-12-9-10/h10-13H,1-9H2. The summed E-state index contributed by atoms with van der Waals surface area (Å²) in [7, 11) is -6.37. The summed E-state index contributed by atoms with van der Waals surface area (Å²) >= 11 is 0. The van der Waals surface area contributed by atoms with Gasteiger partial charge in [0.2, 0.25) is 10.0 Å². The van der Waals surface area contributed by atoms with Crippen LogP contribution in [0.5, 0.6) is 0 Å². The van der Waals surface area contributed by atoms with Crippen molar-refractivity contribution in [1.29, 1.82) is 0 Å². The molecule has 0 amide bonds. The highest BCUT2D eigenvalue weighted by Gasteiger charge is 2.32. The van der Waals surface area contributed by atoms with Gasteiger partial charge in [-0.25, -0.2) is 21.6 Å². The molecule has 19 heavy (non-hydrogen) atoms. The van der Waals surface area contributed by atoms with Gasteiger partial charge in [-0.2, -0.15) is 0 Å². The van der Waals surface area contributed by atoms with Crippen molar-refractivity contribution in [1.82, 2.24) is 10.0 Å². The van der Waals surface area contributed by atoms with E-state index in [4.69, 9.17) is 0 Å². The Balaban J connectivity index is 1.78. The molecule has 0 aromatic carbocycles. The lowest BCUT2D eigenvalue weighted by molar-refractivity contribution is 0.510. The molecule has 0 bridgehead atoms. The second-order valence-corrected chi connectivity index (χ2v) is 9.79. The van der Waals surface area contributed by atoms with E-state index in [2.05, 4.69) is 10.0 Å². The summed E-state index contributed by atoms with van der Waals surface area (Å²) < 4.78 is 49.3. The van der Waals surface area contributed by atoms with E-state index in [-0.39, 0.29) is 24.3 Å². The van der Waals surface area contributed by atoms with E-state index in [1.807, 2.05) is 0 Å². The van der Waals surface area contributed by atoms with Crippen molar-refractivity contribution >= 4 is 19.9 Å². The van der Waals surface area contributed by atoms with Crippen LogP contribution in [-0.4, -0.2) is 53.2 Å². The minimum atomic E-state index is -3.36. The van der Waals surface area contributed by atoms with Crippen molar-refractivity contribution in [3.05, 3.63) is 0 Å². The fourth-order valence-electron chi connectivity index (χ4n) is 2.66. The van der Waals surface area contributed by atoms with E-state index in [1.165, 1.54) is 0 Å². The minimum Gasteiger partial charge on any atom is -0.316 e. The van der Waals surface area contributed by atoms with Gasteiger partial charge in [0.1, 0.15) is 9.84 Å². The molecule has 2 saturated heterocycles. The number of sulfonamides is 1. The molecule has 2 rings (SSSR count). The van der Waals surface area contributed by atoms with Gasteiger partial charge < -0.3 is 5.32 Å². The van der Waals surface area contributed by atoms with Crippen molar-refractivity contribution < 1.29 is 16.8 Å². The van der Waals surface area contributed by atoms with Crippen LogP contribution in [0.25, 0.3) is 0 Å². The number of hydrogen-bond donors (Lipinski definition) is 2. The topological polar surface area (TPSA) is 92.3 Å². The second-order valence-electron chi connectivity index (χ2n) is 5.44. The Morgan fingerprint density at radius 2 is 1.84 bits per heavy atom. The van der Waals surface area contributed by atoms with Crippen LogP contribution in [0.4, 0.5) is 0 Å². The first-order chi connectivity index (χ1) is 8.89. The molecule has 6 nitrogen and oxygen atoms in total. The van der Waals surface area contributed by atoms with E-state index >= 15 is 0 Å². The predicted octanol–water partition coefficient (Wildman–Crippen LogP) is -0.517. The maximum absolute atomic E-state index is 12.0. The summed E-state index contributed by atoms with van der Waals surface area (Å²) in [6, 6.07) is 0. The van der Waals surface area contributed by atoms with Gasteiger partial charge in [-0.3, -0.25) is 0 Å². The van der Waals surface area contributed by atoms with Gasteiger partial charge in [-0.05, 0) is 44.7 Å². The maximum Gasteiger partial charge on any atom is 0.214 e. The van der Waals surface area contributed by atoms with Crippen LogP contribution in [0.3, 0.4) is 0 Å². The Morgan fingerprint density at radius 1 is 1.16 bits per heavy atom. The third-order valence-corrected chi connectivity index (χ3v) is 7.63. The predicted molar refractivity (Wildman–Crippen MR) is 74.2 cm³/mol. The van der Waals surface area contributed by atoms with E-state index in [0.29, 0.717) is 12.5 Å². The molecule has 2 aliphatic heterocycles. The summed E-state index contributed by atoms with van der Waals surface area (Å²) in [5.74, 6) is 0.533. The molecule has 0 aliphatic carbocycles. The summed E-state index contributed by atoms with van der Waals surface area (Å²) in [6.07, 6.45) is 2.39. The van der Waals surface area contributed by atoms with Crippen molar-refractivity contribution in [2.45, 2.75) is 30.9 Å². The molecule has 2 N–H and O–H groups in total. The molecule has 2 aliphatic rings. The Morgan fingerprint density at radius 3 is 2.42 bits per heavy atom. The molecular weight excluding hydrogens is 288 g/mol. The Kier molecular flexibility index (Phi) is 4.86. The summed E-state index contributed by atoms with van der Waals surface area (Å²) in [5.41, 5.74) is 0. The highest BCUT2D eigenvalue weighted by Crippen LogP contribution is 2.19. The number of nitrogens with one attached hydrogen (secondary N) is 2. The fourth-order valence-corrected chi connectivity index (χ4v) is 5.95. The van der Waals surface area contributed by atoms with Crippen LogP contribution >= 0.6 is 0 Å². The van der Waals surface area contributed by atoms with E-state index in [1.54, 1.807) is 0 Å². The highest BCUT2D eigenvalue weighted by molar-refractivity contribution is 7.92. The molecule has 2 heterocycles. The molecule has 0 saturated carbocycles. The van der Waals surface area contributed by atoms with Gasteiger partial charge in [-0.15, -0.1) is 0 Å². The van der Waals surface area contributed by atoms with Gasteiger partial charge in [0.25, 0.3) is 0 Å². The zero-order valence-electron chi connectivity index (χ0n) is 11.0. The first-order valence-corrected chi connectivity index (χ1v) is 10.2. The molecular formula is C11H22N2O4S2. The number of sulfone groups is 1. The summed E-state index contributed by atoms with van der Waals surface area (Å²) in [5, 5.41) is 2.70. The lowest BCUT2D eigenvalue weighted by Gasteiger charge is -2.22. The molecule has 2 fully saturated rings.